The number of rotatable bonds is 12. The highest BCUT2D eigenvalue weighted by Gasteiger charge is 2.48. The molecule has 2 unspecified atom stereocenters. The van der Waals surface area contributed by atoms with E-state index in [1.54, 1.807) is 37.4 Å². The van der Waals surface area contributed by atoms with Gasteiger partial charge in [0.2, 0.25) is 5.13 Å². The molecule has 0 radical (unpaired) electrons. The molecule has 3 aromatic carbocycles. The highest BCUT2D eigenvalue weighted by molar-refractivity contribution is 8.00. The molecule has 11 heteroatoms. The van der Waals surface area contributed by atoms with E-state index in [2.05, 4.69) is 17.1 Å². The summed E-state index contributed by atoms with van der Waals surface area (Å²) in [5, 5.41) is 20.6. The van der Waals surface area contributed by atoms with Crippen molar-refractivity contribution in [2.75, 3.05) is 18.6 Å². The maximum Gasteiger partial charge on any atom is 0.301 e. The van der Waals surface area contributed by atoms with Crippen LogP contribution in [0.25, 0.3) is 5.76 Å². The van der Waals surface area contributed by atoms with Crippen molar-refractivity contribution in [2.24, 2.45) is 0 Å². The fourth-order valence-corrected chi connectivity index (χ4v) is 7.48. The summed E-state index contributed by atoms with van der Waals surface area (Å²) in [6.07, 6.45) is 3.73. The van der Waals surface area contributed by atoms with Gasteiger partial charge in [0, 0.05) is 17.7 Å². The van der Waals surface area contributed by atoms with Crippen LogP contribution in [0.3, 0.4) is 0 Å². The van der Waals surface area contributed by atoms with E-state index in [0.717, 1.165) is 36.1 Å². The lowest BCUT2D eigenvalue weighted by Crippen LogP contribution is -2.29. The lowest BCUT2D eigenvalue weighted by Gasteiger charge is -2.23. The minimum Gasteiger partial charge on any atom is -0.507 e. The minimum atomic E-state index is -0.980. The molecule has 0 spiro atoms. The SMILES string of the molecule is CCCCCOc1ccc(C2/C(=C(\O)c3ccc4c(c3)CC(C)O4)C(=O)C(=O)N2c2nnc(SCc3ccccc3)s2)cc1OC. The van der Waals surface area contributed by atoms with Gasteiger partial charge >= 0.3 is 5.91 Å². The van der Waals surface area contributed by atoms with E-state index in [1.165, 1.54) is 28.0 Å². The van der Waals surface area contributed by atoms with Gasteiger partial charge in [0.05, 0.1) is 25.3 Å². The quantitative estimate of drug-likeness (QED) is 0.0417. The van der Waals surface area contributed by atoms with Crippen molar-refractivity contribution in [3.05, 3.63) is 94.6 Å². The average molecular weight is 658 g/mol. The van der Waals surface area contributed by atoms with Crippen molar-refractivity contribution in [3.8, 4) is 17.2 Å². The number of hydrogen-bond acceptors (Lipinski definition) is 10. The lowest BCUT2D eigenvalue weighted by atomic mass is 9.94. The maximum absolute atomic E-state index is 13.8. The Morgan fingerprint density at radius 2 is 1.89 bits per heavy atom. The summed E-state index contributed by atoms with van der Waals surface area (Å²) >= 11 is 2.72. The molecule has 6 rings (SSSR count). The zero-order valence-electron chi connectivity index (χ0n) is 25.9. The predicted molar refractivity (Wildman–Crippen MR) is 179 cm³/mol. The third-order valence-electron chi connectivity index (χ3n) is 7.93. The maximum atomic E-state index is 13.8. The summed E-state index contributed by atoms with van der Waals surface area (Å²) in [5.74, 6) is 0.571. The predicted octanol–water partition coefficient (Wildman–Crippen LogP) is 7.36. The Hall–Kier alpha value is -4.35. The Bertz CT molecular complexity index is 1770. The molecule has 1 N–H and O–H groups in total. The number of unbranched alkanes of at least 4 members (excludes halogenated alkanes) is 2. The fraction of sp³-hybridized carbons (Fsp3) is 0.314. The first-order chi connectivity index (χ1) is 22.4. The lowest BCUT2D eigenvalue weighted by molar-refractivity contribution is -0.132. The minimum absolute atomic E-state index is 0.0134. The van der Waals surface area contributed by atoms with E-state index in [4.69, 9.17) is 14.2 Å². The van der Waals surface area contributed by atoms with Gasteiger partial charge in [-0.15, -0.1) is 10.2 Å². The molecule has 1 aromatic heterocycles. The molecule has 9 nitrogen and oxygen atoms in total. The molecular formula is C35H35N3O6S2. The largest absolute Gasteiger partial charge is 0.507 e. The number of nitrogens with zero attached hydrogens (tertiary/aromatic N) is 3. The van der Waals surface area contributed by atoms with Gasteiger partial charge in [-0.25, -0.2) is 0 Å². The van der Waals surface area contributed by atoms with Crippen LogP contribution in [0.4, 0.5) is 5.13 Å². The number of Topliss-reactive ketones (excluding diaryl/α,β-unsaturated/α-hetero) is 1. The van der Waals surface area contributed by atoms with Gasteiger partial charge in [0.25, 0.3) is 5.78 Å². The second-order valence-electron chi connectivity index (χ2n) is 11.2. The number of ketones is 1. The molecule has 46 heavy (non-hydrogen) atoms. The second kappa shape index (κ2) is 14.0. The number of methoxy groups -OCH3 is 1. The highest BCUT2D eigenvalue weighted by Crippen LogP contribution is 2.46. The molecule has 2 atom stereocenters. The van der Waals surface area contributed by atoms with Crippen LogP contribution in [0.5, 0.6) is 17.2 Å². The number of carbonyl (C=O) groups is 2. The molecule has 2 aliphatic heterocycles. The Morgan fingerprint density at radius 1 is 1.07 bits per heavy atom. The van der Waals surface area contributed by atoms with Crippen LogP contribution in [0.1, 0.15) is 61.4 Å². The molecule has 0 saturated carbocycles. The number of carbonyl (C=O) groups excluding carboxylic acids is 2. The van der Waals surface area contributed by atoms with Crippen LogP contribution in [0.2, 0.25) is 0 Å². The van der Waals surface area contributed by atoms with Gasteiger partial charge in [-0.2, -0.15) is 0 Å². The number of thioether (sulfide) groups is 1. The van der Waals surface area contributed by atoms with E-state index in [-0.39, 0.29) is 22.6 Å². The zero-order valence-corrected chi connectivity index (χ0v) is 27.5. The van der Waals surface area contributed by atoms with Crippen molar-refractivity contribution in [1.29, 1.82) is 0 Å². The van der Waals surface area contributed by atoms with Crippen LogP contribution in [0, 0.1) is 0 Å². The van der Waals surface area contributed by atoms with Gasteiger partial charge in [0.15, 0.2) is 15.8 Å². The first kappa shape index (κ1) is 31.6. The third-order valence-corrected chi connectivity index (χ3v) is 10.1. The van der Waals surface area contributed by atoms with Crippen LogP contribution in [-0.4, -0.2) is 46.8 Å². The summed E-state index contributed by atoms with van der Waals surface area (Å²) < 4.78 is 18.2. The van der Waals surface area contributed by atoms with Gasteiger partial charge in [0.1, 0.15) is 17.6 Å². The third kappa shape index (κ3) is 6.47. The standard InChI is InChI=1S/C35H35N3O6S2/c1-4-5-9-16-43-27-15-12-23(19-28(27)42-3)30-29(31(39)24-13-14-26-25(18-24)17-21(2)44-26)32(40)33(41)38(30)34-36-37-35(46-34)45-20-22-10-7-6-8-11-22/h6-8,10-15,18-19,21,30,39H,4-5,9,16-17,20H2,1-3H3/b31-29+. The van der Waals surface area contributed by atoms with Crippen molar-refractivity contribution >= 4 is 45.7 Å². The van der Waals surface area contributed by atoms with Crippen molar-refractivity contribution < 1.29 is 28.9 Å². The van der Waals surface area contributed by atoms with Gasteiger partial charge < -0.3 is 19.3 Å². The second-order valence-corrected chi connectivity index (χ2v) is 13.4. The first-order valence-corrected chi connectivity index (χ1v) is 17.1. The summed E-state index contributed by atoms with van der Waals surface area (Å²) in [5.41, 5.74) is 3.01. The van der Waals surface area contributed by atoms with Crippen molar-refractivity contribution in [3.63, 3.8) is 0 Å². The average Bonchev–Trinajstić information content (AvgIpc) is 3.77. The van der Waals surface area contributed by atoms with Gasteiger partial charge in [-0.05, 0) is 60.4 Å². The number of aliphatic hydroxyl groups is 1. The summed E-state index contributed by atoms with van der Waals surface area (Å²) in [4.78, 5) is 28.9. The van der Waals surface area contributed by atoms with Crippen molar-refractivity contribution in [2.45, 2.75) is 61.8 Å². The molecule has 1 amide bonds. The number of amides is 1. The summed E-state index contributed by atoms with van der Waals surface area (Å²) in [7, 11) is 1.55. The van der Waals surface area contributed by atoms with E-state index < -0.39 is 17.7 Å². The number of aliphatic hydroxyl groups excluding tert-OH is 1. The molecule has 4 aromatic rings. The van der Waals surface area contributed by atoms with E-state index >= 15 is 0 Å². The number of benzene rings is 3. The number of hydrogen-bond donors (Lipinski definition) is 1. The molecule has 3 heterocycles. The topological polar surface area (TPSA) is 111 Å². The Labute approximate surface area is 276 Å². The molecule has 1 fully saturated rings. The Morgan fingerprint density at radius 3 is 2.67 bits per heavy atom. The molecule has 1 saturated heterocycles. The summed E-state index contributed by atoms with van der Waals surface area (Å²) in [6, 6.07) is 19.6. The highest BCUT2D eigenvalue weighted by atomic mass is 32.2. The number of anilines is 1. The van der Waals surface area contributed by atoms with Crippen LogP contribution in [0.15, 0.2) is 76.6 Å². The number of fused-ring (bicyclic) bond motifs is 1. The van der Waals surface area contributed by atoms with Crippen LogP contribution < -0.4 is 19.1 Å². The van der Waals surface area contributed by atoms with Crippen molar-refractivity contribution in [1.82, 2.24) is 10.2 Å². The normalized spacial score (nSPS) is 18.5. The smallest absolute Gasteiger partial charge is 0.301 e. The van der Waals surface area contributed by atoms with E-state index in [0.29, 0.717) is 45.7 Å². The molecular weight excluding hydrogens is 623 g/mol. The molecule has 238 valence electrons. The summed E-state index contributed by atoms with van der Waals surface area (Å²) in [6.45, 7) is 4.65. The van der Waals surface area contributed by atoms with E-state index in [1.807, 2.05) is 43.3 Å². The monoisotopic (exact) mass is 657 g/mol. The number of aromatic nitrogens is 2. The van der Waals surface area contributed by atoms with Gasteiger partial charge in [-0.3, -0.25) is 14.5 Å². The molecule has 2 aliphatic rings. The Balaban J connectivity index is 1.39. The number of ether oxygens (including phenoxy) is 3. The zero-order chi connectivity index (χ0) is 32.2. The van der Waals surface area contributed by atoms with Crippen LogP contribution >= 0.6 is 23.1 Å². The van der Waals surface area contributed by atoms with Crippen LogP contribution in [-0.2, 0) is 21.8 Å². The first-order valence-electron chi connectivity index (χ1n) is 15.3. The Kier molecular flexibility index (Phi) is 9.60. The fourth-order valence-electron chi connectivity index (χ4n) is 5.66. The molecule has 0 aliphatic carbocycles. The van der Waals surface area contributed by atoms with E-state index in [9.17, 15) is 14.7 Å². The molecule has 0 bridgehead atoms. The van der Waals surface area contributed by atoms with Gasteiger partial charge in [-0.1, -0.05) is 79.3 Å².